The maximum Gasteiger partial charge on any atom is 0.433 e. The molecule has 1 unspecified atom stereocenters. The Morgan fingerprint density at radius 3 is 2.48 bits per heavy atom. The summed E-state index contributed by atoms with van der Waals surface area (Å²) in [5.74, 6) is -4.67. The standard InChI is InChI=1S/C31H29F6N5O2/c1-16-4-2-6-24(27(16)29(38)31(35,36)37)41-15-26(43)42-25(12-17-10-19(32)14-20(33)11-17)28-21(5-3-9-40-28)18-7-8-23(34)22(13-18)30(39)44/h3,5,7-11,13-14,16,25,38,41H,2,4,6,12,15H2,1H3,(H2,39,44)(H,42,43)/p+1/t16?,25-/m0/s1. The first kappa shape index (κ1) is 32.4. The van der Waals surface area contributed by atoms with E-state index in [9.17, 15) is 35.9 Å². The lowest BCUT2D eigenvalue weighted by atomic mass is 9.84. The summed E-state index contributed by atoms with van der Waals surface area (Å²) < 4.78 is 82.6. The number of amides is 2. The summed E-state index contributed by atoms with van der Waals surface area (Å²) in [5.41, 5.74) is 4.71. The van der Waals surface area contributed by atoms with Gasteiger partial charge in [-0.25, -0.2) is 13.2 Å². The molecule has 232 valence electrons. The molecule has 0 saturated heterocycles. The average Bonchev–Trinajstić information content (AvgIpc) is 2.94. The number of hydrogen-bond acceptors (Lipinski definition) is 4. The van der Waals surface area contributed by atoms with Crippen LogP contribution in [0.2, 0.25) is 0 Å². The number of aromatic nitrogens is 1. The van der Waals surface area contributed by atoms with Gasteiger partial charge in [-0.15, -0.1) is 0 Å². The number of primary amides is 1. The fourth-order valence-corrected chi connectivity index (χ4v) is 5.44. The zero-order valence-corrected chi connectivity index (χ0v) is 23.6. The Hall–Kier alpha value is -4.52. The molecule has 0 aliphatic heterocycles. The van der Waals surface area contributed by atoms with Gasteiger partial charge in [0.15, 0.2) is 6.54 Å². The molecule has 0 radical (unpaired) electrons. The zero-order valence-electron chi connectivity index (χ0n) is 23.6. The van der Waals surface area contributed by atoms with Crippen LogP contribution in [0.4, 0.5) is 26.3 Å². The molecule has 44 heavy (non-hydrogen) atoms. The number of hydrogen-bond donors (Lipinski definition) is 4. The molecule has 6 N–H and O–H groups in total. The summed E-state index contributed by atoms with van der Waals surface area (Å²) in [6, 6.07) is 8.67. The van der Waals surface area contributed by atoms with Crippen LogP contribution in [0.15, 0.2) is 66.0 Å². The molecule has 4 rings (SSSR count). The average molecular weight is 619 g/mol. The number of nitrogens with zero attached hydrogens (tertiary/aromatic N) is 1. The van der Waals surface area contributed by atoms with Crippen molar-refractivity contribution in [3.8, 4) is 11.1 Å². The van der Waals surface area contributed by atoms with Crippen LogP contribution < -0.4 is 16.4 Å². The summed E-state index contributed by atoms with van der Waals surface area (Å²) in [4.78, 5) is 29.4. The van der Waals surface area contributed by atoms with Crippen LogP contribution >= 0.6 is 0 Å². The van der Waals surface area contributed by atoms with Gasteiger partial charge in [-0.05, 0) is 66.6 Å². The molecule has 3 aromatic rings. The van der Waals surface area contributed by atoms with Crippen LogP contribution in [0.1, 0.15) is 53.8 Å². The first-order chi connectivity index (χ1) is 20.7. The Balaban J connectivity index is 1.68. The van der Waals surface area contributed by atoms with E-state index in [4.69, 9.17) is 11.1 Å². The molecule has 1 heterocycles. The van der Waals surface area contributed by atoms with Gasteiger partial charge in [-0.3, -0.25) is 20.0 Å². The van der Waals surface area contributed by atoms with Crippen molar-refractivity contribution in [3.05, 3.63) is 100 Å². The Morgan fingerprint density at radius 2 is 1.82 bits per heavy atom. The Kier molecular flexibility index (Phi) is 9.88. The van der Waals surface area contributed by atoms with Crippen molar-refractivity contribution < 1.29 is 41.2 Å². The topological polar surface area (TPSA) is 126 Å². The van der Waals surface area contributed by atoms with Crippen molar-refractivity contribution in [1.82, 2.24) is 10.3 Å². The number of benzene rings is 2. The molecule has 0 saturated carbocycles. The molecule has 1 aliphatic rings. The fourth-order valence-electron chi connectivity index (χ4n) is 5.44. The quantitative estimate of drug-likeness (QED) is 0.191. The van der Waals surface area contributed by atoms with Gasteiger partial charge in [0.25, 0.3) is 11.8 Å². The summed E-state index contributed by atoms with van der Waals surface area (Å²) in [7, 11) is 0. The Morgan fingerprint density at radius 1 is 1.11 bits per heavy atom. The van der Waals surface area contributed by atoms with E-state index >= 15 is 0 Å². The van der Waals surface area contributed by atoms with Gasteiger partial charge in [0, 0.05) is 29.8 Å². The Labute approximate surface area is 249 Å². The number of alkyl halides is 3. The second-order valence-corrected chi connectivity index (χ2v) is 10.6. The van der Waals surface area contributed by atoms with Crippen LogP contribution in [-0.2, 0) is 11.2 Å². The van der Waals surface area contributed by atoms with Crippen molar-refractivity contribution in [1.29, 1.82) is 5.41 Å². The number of quaternary nitrogens is 1. The van der Waals surface area contributed by atoms with Gasteiger partial charge in [0.1, 0.15) is 28.9 Å². The lowest BCUT2D eigenvalue weighted by molar-refractivity contribution is -0.598. The van der Waals surface area contributed by atoms with Crippen molar-refractivity contribution >= 4 is 17.5 Å². The highest BCUT2D eigenvalue weighted by Gasteiger charge is 2.41. The number of nitrogens with one attached hydrogen (secondary N) is 2. The molecule has 7 nitrogen and oxygen atoms in total. The van der Waals surface area contributed by atoms with E-state index in [0.29, 0.717) is 30.0 Å². The van der Waals surface area contributed by atoms with E-state index in [2.05, 4.69) is 10.3 Å². The minimum Gasteiger partial charge on any atom is -0.366 e. The SMILES string of the molecule is CC1CCCC([NH2+]CC(=O)N[C@@H](Cc2cc(F)cc(F)c2)c2ncccc2-c2ccc(F)c(C(N)=O)c2)=C1C(=N)C(F)(F)F. The number of pyridine rings is 1. The largest absolute Gasteiger partial charge is 0.433 e. The molecular formula is C31H30F6N5O2+. The minimum atomic E-state index is -4.84. The smallest absolute Gasteiger partial charge is 0.366 e. The first-order valence-electron chi connectivity index (χ1n) is 13.8. The molecule has 13 heteroatoms. The second kappa shape index (κ2) is 13.4. The number of rotatable bonds is 10. The van der Waals surface area contributed by atoms with Gasteiger partial charge in [0.05, 0.1) is 17.3 Å². The maximum atomic E-state index is 14.2. The zero-order chi connectivity index (χ0) is 32.2. The highest BCUT2D eigenvalue weighted by molar-refractivity contribution is 6.02. The fraction of sp³-hybridized carbons (Fsp3) is 0.290. The third kappa shape index (κ3) is 7.70. The molecule has 2 atom stereocenters. The van der Waals surface area contributed by atoms with Gasteiger partial charge >= 0.3 is 6.18 Å². The normalized spacial score (nSPS) is 16.0. The van der Waals surface area contributed by atoms with Gasteiger partial charge in [-0.2, -0.15) is 13.2 Å². The van der Waals surface area contributed by atoms with Crippen LogP contribution in [0.25, 0.3) is 11.1 Å². The second-order valence-electron chi connectivity index (χ2n) is 10.6. The first-order valence-corrected chi connectivity index (χ1v) is 13.8. The summed E-state index contributed by atoms with van der Waals surface area (Å²) in [5, 5.41) is 11.8. The minimum absolute atomic E-state index is 0.141. The summed E-state index contributed by atoms with van der Waals surface area (Å²) >= 11 is 0. The van der Waals surface area contributed by atoms with Crippen molar-refractivity contribution in [2.24, 2.45) is 11.7 Å². The highest BCUT2D eigenvalue weighted by atomic mass is 19.4. The third-order valence-corrected chi connectivity index (χ3v) is 7.42. The predicted molar refractivity (Wildman–Crippen MR) is 150 cm³/mol. The van der Waals surface area contributed by atoms with E-state index in [0.717, 1.165) is 18.2 Å². The van der Waals surface area contributed by atoms with Crippen LogP contribution in [-0.4, -0.2) is 35.2 Å². The molecular weight excluding hydrogens is 588 g/mol. The van der Waals surface area contributed by atoms with Gasteiger partial charge in [0.2, 0.25) is 0 Å². The molecule has 1 aromatic heterocycles. The third-order valence-electron chi connectivity index (χ3n) is 7.42. The van der Waals surface area contributed by atoms with Gasteiger partial charge < -0.3 is 16.4 Å². The maximum absolute atomic E-state index is 14.2. The number of halogens is 6. The summed E-state index contributed by atoms with van der Waals surface area (Å²) in [6.07, 6.45) is -2.21. The van der Waals surface area contributed by atoms with Crippen LogP contribution in [0.3, 0.4) is 0 Å². The molecule has 0 bridgehead atoms. The molecule has 2 amide bonds. The number of allylic oxidation sites excluding steroid dienone is 2. The lowest BCUT2D eigenvalue weighted by Crippen LogP contribution is -2.85. The monoisotopic (exact) mass is 618 g/mol. The molecule has 1 aliphatic carbocycles. The molecule has 2 aromatic carbocycles. The number of carbonyl (C=O) groups excluding carboxylic acids is 2. The number of carbonyl (C=O) groups is 2. The van der Waals surface area contributed by atoms with E-state index < -0.39 is 53.1 Å². The predicted octanol–water partition coefficient (Wildman–Crippen LogP) is 4.88. The van der Waals surface area contributed by atoms with E-state index in [1.165, 1.54) is 23.6 Å². The highest BCUT2D eigenvalue weighted by Crippen LogP contribution is 2.33. The van der Waals surface area contributed by atoms with Crippen molar-refractivity contribution in [2.75, 3.05) is 6.54 Å². The molecule has 0 fully saturated rings. The summed E-state index contributed by atoms with van der Waals surface area (Å²) in [6.45, 7) is 1.27. The van der Waals surface area contributed by atoms with Crippen LogP contribution in [0, 0.1) is 28.8 Å². The lowest BCUT2D eigenvalue weighted by Gasteiger charge is -2.25. The van der Waals surface area contributed by atoms with E-state index in [1.807, 2.05) is 0 Å². The van der Waals surface area contributed by atoms with Crippen molar-refractivity contribution in [2.45, 2.75) is 44.8 Å². The van der Waals surface area contributed by atoms with Crippen molar-refractivity contribution in [3.63, 3.8) is 0 Å². The Bertz CT molecular complexity index is 1600. The van der Waals surface area contributed by atoms with Crippen LogP contribution in [0.5, 0.6) is 0 Å². The number of nitrogens with two attached hydrogens (primary N) is 2. The van der Waals surface area contributed by atoms with E-state index in [1.54, 1.807) is 19.1 Å². The molecule has 0 spiro atoms. The van der Waals surface area contributed by atoms with Gasteiger partial charge in [-0.1, -0.05) is 19.1 Å². The van der Waals surface area contributed by atoms with E-state index in [-0.39, 0.29) is 47.5 Å².